The van der Waals surface area contributed by atoms with Crippen molar-refractivity contribution in [3.8, 4) is 5.75 Å². The molecule has 43 heavy (non-hydrogen) atoms. The number of alkyl halides is 3. The summed E-state index contributed by atoms with van der Waals surface area (Å²) in [5.74, 6) is -1.65. The van der Waals surface area contributed by atoms with Crippen LogP contribution in [0.4, 0.5) is 18.0 Å². The molecule has 4 rings (SSSR count). The molecule has 3 amide bonds. The molecule has 0 aromatic heterocycles. The first kappa shape index (κ1) is 32.4. The van der Waals surface area contributed by atoms with Gasteiger partial charge in [0.15, 0.2) is 0 Å². The molecule has 0 aliphatic carbocycles. The van der Waals surface area contributed by atoms with Crippen LogP contribution < -0.4 is 4.74 Å². The number of nitrogens with zero attached hydrogens (tertiary/aromatic N) is 3. The Bertz CT molecular complexity index is 1340. The summed E-state index contributed by atoms with van der Waals surface area (Å²) in [7, 11) is 2.68. The Hall–Kier alpha value is -3.47. The van der Waals surface area contributed by atoms with Gasteiger partial charge in [0.2, 0.25) is 5.91 Å². The van der Waals surface area contributed by atoms with E-state index in [1.54, 1.807) is 49.8 Å². The SMILES string of the molecule is COc1ccc(C(=O)N(C)[C@H]2CN(C(=O)C3CCN(C(=O)OC(C)(C)C)CC3)C[C@@H]2c2ccc(Cl)cc2)cc1C(F)(F)F. The fourth-order valence-electron chi connectivity index (χ4n) is 5.71. The van der Waals surface area contributed by atoms with Crippen LogP contribution in [0.15, 0.2) is 42.5 Å². The highest BCUT2D eigenvalue weighted by atomic mass is 35.5. The Labute approximate surface area is 254 Å². The maximum atomic E-state index is 13.7. The smallest absolute Gasteiger partial charge is 0.419 e. The van der Waals surface area contributed by atoms with Crippen LogP contribution in [0.5, 0.6) is 5.75 Å². The second-order valence-corrected chi connectivity index (χ2v) is 12.5. The summed E-state index contributed by atoms with van der Waals surface area (Å²) < 4.78 is 51.3. The third kappa shape index (κ3) is 7.55. The first-order valence-corrected chi connectivity index (χ1v) is 14.5. The maximum absolute atomic E-state index is 13.7. The molecule has 2 aliphatic heterocycles. The van der Waals surface area contributed by atoms with E-state index in [9.17, 15) is 27.6 Å². The van der Waals surface area contributed by atoms with Crippen LogP contribution in [0.25, 0.3) is 0 Å². The van der Waals surface area contributed by atoms with E-state index >= 15 is 0 Å². The molecule has 2 atom stereocenters. The average Bonchev–Trinajstić information content (AvgIpc) is 3.40. The number of rotatable bonds is 5. The van der Waals surface area contributed by atoms with Crippen LogP contribution in [0, 0.1) is 5.92 Å². The number of likely N-dealkylation sites (tertiary alicyclic amines) is 2. The van der Waals surface area contributed by atoms with Crippen molar-refractivity contribution in [1.82, 2.24) is 14.7 Å². The summed E-state index contributed by atoms with van der Waals surface area (Å²) in [6.45, 7) is 6.71. The van der Waals surface area contributed by atoms with Gasteiger partial charge in [-0.05, 0) is 69.5 Å². The van der Waals surface area contributed by atoms with Gasteiger partial charge in [-0.3, -0.25) is 9.59 Å². The van der Waals surface area contributed by atoms with Crippen LogP contribution in [0.1, 0.15) is 61.0 Å². The minimum absolute atomic E-state index is 0.0741. The van der Waals surface area contributed by atoms with Crippen molar-refractivity contribution in [2.24, 2.45) is 5.92 Å². The lowest BCUT2D eigenvalue weighted by Crippen LogP contribution is -2.46. The number of likely N-dealkylation sites (N-methyl/N-ethyl adjacent to an activating group) is 1. The van der Waals surface area contributed by atoms with Crippen molar-refractivity contribution in [3.05, 3.63) is 64.2 Å². The molecule has 2 aliphatic rings. The lowest BCUT2D eigenvalue weighted by Gasteiger charge is -2.34. The summed E-state index contributed by atoms with van der Waals surface area (Å²) in [4.78, 5) is 44.5. The second kappa shape index (κ2) is 12.6. The number of halogens is 4. The summed E-state index contributed by atoms with van der Waals surface area (Å²) in [6.07, 6.45) is -4.16. The molecule has 12 heteroatoms. The third-order valence-electron chi connectivity index (χ3n) is 7.96. The van der Waals surface area contributed by atoms with Crippen LogP contribution in [-0.2, 0) is 15.7 Å². The van der Waals surface area contributed by atoms with Crippen molar-refractivity contribution in [1.29, 1.82) is 0 Å². The van der Waals surface area contributed by atoms with Crippen LogP contribution in [0.3, 0.4) is 0 Å². The highest BCUT2D eigenvalue weighted by Gasteiger charge is 2.43. The molecule has 2 saturated heterocycles. The first-order chi connectivity index (χ1) is 20.1. The Balaban J connectivity index is 1.53. The van der Waals surface area contributed by atoms with Gasteiger partial charge in [0, 0.05) is 55.6 Å². The third-order valence-corrected chi connectivity index (χ3v) is 8.22. The van der Waals surface area contributed by atoms with Gasteiger partial charge >= 0.3 is 12.3 Å². The highest BCUT2D eigenvalue weighted by Crippen LogP contribution is 2.38. The van der Waals surface area contributed by atoms with E-state index < -0.39 is 35.4 Å². The van der Waals surface area contributed by atoms with E-state index in [0.29, 0.717) is 37.5 Å². The average molecular weight is 624 g/mol. The molecule has 0 radical (unpaired) electrons. The molecule has 0 N–H and O–H groups in total. The fourth-order valence-corrected chi connectivity index (χ4v) is 5.83. The second-order valence-electron chi connectivity index (χ2n) is 12.0. The Morgan fingerprint density at radius 2 is 1.58 bits per heavy atom. The lowest BCUT2D eigenvalue weighted by molar-refractivity contribution is -0.139. The largest absolute Gasteiger partial charge is 0.496 e. The topological polar surface area (TPSA) is 79.4 Å². The van der Waals surface area contributed by atoms with Crippen molar-refractivity contribution in [2.75, 3.05) is 40.3 Å². The molecule has 0 unspecified atom stereocenters. The quantitative estimate of drug-likeness (QED) is 0.403. The number of ether oxygens (including phenoxy) is 2. The van der Waals surface area contributed by atoms with Gasteiger partial charge < -0.3 is 24.2 Å². The molecule has 2 heterocycles. The number of methoxy groups -OCH3 is 1. The van der Waals surface area contributed by atoms with Gasteiger partial charge in [0.05, 0.1) is 18.7 Å². The van der Waals surface area contributed by atoms with Crippen molar-refractivity contribution in [2.45, 2.75) is 57.3 Å². The zero-order valence-electron chi connectivity index (χ0n) is 24.9. The zero-order chi connectivity index (χ0) is 31.7. The molecule has 2 aromatic rings. The van der Waals surface area contributed by atoms with Gasteiger partial charge in [-0.15, -0.1) is 0 Å². The van der Waals surface area contributed by atoms with Gasteiger partial charge in [-0.2, -0.15) is 13.2 Å². The van der Waals surface area contributed by atoms with Gasteiger partial charge in [0.25, 0.3) is 5.91 Å². The first-order valence-electron chi connectivity index (χ1n) is 14.1. The molecule has 234 valence electrons. The summed E-state index contributed by atoms with van der Waals surface area (Å²) in [5, 5.41) is 0.533. The van der Waals surface area contributed by atoms with E-state index in [1.807, 2.05) is 12.1 Å². The molecular formula is C31H37ClF3N3O5. The molecule has 2 fully saturated rings. The minimum atomic E-state index is -4.71. The van der Waals surface area contributed by atoms with Crippen molar-refractivity contribution >= 4 is 29.5 Å². The fraction of sp³-hybridized carbons (Fsp3) is 0.516. The number of amides is 3. The molecule has 0 bridgehead atoms. The number of carbonyl (C=O) groups excluding carboxylic acids is 3. The predicted octanol–water partition coefficient (Wildman–Crippen LogP) is 6.08. The monoisotopic (exact) mass is 623 g/mol. The standard InChI is InChI=1S/C31H37ClF3N3O5/c1-30(2,3)43-29(41)37-14-12-20(13-15-37)28(40)38-17-23(19-6-9-22(32)10-7-19)25(18-38)36(4)27(39)21-8-11-26(42-5)24(16-21)31(33,34)35/h6-11,16,20,23,25H,12-15,17-18H2,1-5H3/t23-,25+/m1/s1. The number of hydrogen-bond donors (Lipinski definition) is 0. The molecule has 2 aromatic carbocycles. The summed E-state index contributed by atoms with van der Waals surface area (Å²) in [6, 6.07) is 9.86. The van der Waals surface area contributed by atoms with E-state index in [1.165, 1.54) is 11.0 Å². The van der Waals surface area contributed by atoms with E-state index in [0.717, 1.165) is 24.8 Å². The number of benzene rings is 2. The van der Waals surface area contributed by atoms with Gasteiger partial charge in [-0.1, -0.05) is 23.7 Å². The van der Waals surface area contributed by atoms with Crippen molar-refractivity contribution < 1.29 is 37.0 Å². The normalized spacial score (nSPS) is 19.7. The Morgan fingerprint density at radius 1 is 0.953 bits per heavy atom. The van der Waals surface area contributed by atoms with Gasteiger partial charge in [0.1, 0.15) is 11.4 Å². The van der Waals surface area contributed by atoms with Crippen molar-refractivity contribution in [3.63, 3.8) is 0 Å². The molecule has 8 nitrogen and oxygen atoms in total. The number of hydrogen-bond acceptors (Lipinski definition) is 5. The van der Waals surface area contributed by atoms with E-state index in [4.69, 9.17) is 21.1 Å². The van der Waals surface area contributed by atoms with E-state index in [2.05, 4.69) is 0 Å². The Kier molecular flexibility index (Phi) is 9.54. The lowest BCUT2D eigenvalue weighted by atomic mass is 9.93. The minimum Gasteiger partial charge on any atom is -0.496 e. The van der Waals surface area contributed by atoms with E-state index in [-0.39, 0.29) is 35.6 Å². The molecule has 0 spiro atoms. The van der Waals surface area contributed by atoms with Crippen LogP contribution >= 0.6 is 11.6 Å². The van der Waals surface area contributed by atoms with Crippen LogP contribution in [-0.4, -0.2) is 84.6 Å². The van der Waals surface area contributed by atoms with Gasteiger partial charge in [-0.25, -0.2) is 4.79 Å². The Morgan fingerprint density at radius 3 is 2.14 bits per heavy atom. The highest BCUT2D eigenvalue weighted by molar-refractivity contribution is 6.30. The maximum Gasteiger partial charge on any atom is 0.419 e. The molecule has 0 saturated carbocycles. The predicted molar refractivity (Wildman–Crippen MR) is 155 cm³/mol. The number of piperidine rings is 1. The summed E-state index contributed by atoms with van der Waals surface area (Å²) in [5.41, 5.74) is -0.932. The zero-order valence-corrected chi connectivity index (χ0v) is 25.7. The molecular weight excluding hydrogens is 587 g/mol. The number of carbonyl (C=O) groups is 3. The van der Waals surface area contributed by atoms with Crippen LogP contribution in [0.2, 0.25) is 5.02 Å². The summed E-state index contributed by atoms with van der Waals surface area (Å²) >= 11 is 6.11.